The Morgan fingerprint density at radius 2 is 0.676 bits per heavy atom. The van der Waals surface area contributed by atoms with E-state index in [0.29, 0.717) is 0 Å². The number of hydrogen-bond donors (Lipinski definition) is 0. The maximum absolute atomic E-state index is 3.00. The fourth-order valence-electron chi connectivity index (χ4n) is 10.3. The van der Waals surface area contributed by atoms with Crippen LogP contribution in [0.5, 0.6) is 0 Å². The quantitative estimate of drug-likeness (QED) is 0.302. The highest BCUT2D eigenvalue weighted by Crippen LogP contribution is 2.86. The van der Waals surface area contributed by atoms with Gasteiger partial charge in [-0.25, -0.2) is 0 Å². The normalized spacial score (nSPS) is 29.5. The lowest BCUT2D eigenvalue weighted by molar-refractivity contribution is 0.448. The van der Waals surface area contributed by atoms with E-state index in [0.717, 1.165) is 11.3 Å². The lowest BCUT2D eigenvalue weighted by atomic mass is 9.99. The van der Waals surface area contributed by atoms with Gasteiger partial charge in [0.2, 0.25) is 0 Å². The molecule has 1 atom stereocenters. The molecule has 0 heterocycles. The van der Waals surface area contributed by atoms with Crippen LogP contribution in [0.4, 0.5) is 0 Å². The van der Waals surface area contributed by atoms with Crippen LogP contribution in [0.2, 0.25) is 0 Å². The highest BCUT2D eigenvalue weighted by atomic mass is 31.2. The second-order valence-corrected chi connectivity index (χ2v) is 21.7. The average Bonchev–Trinajstić information content (AvgIpc) is 2.92. The lowest BCUT2D eigenvalue weighted by Gasteiger charge is -2.56. The van der Waals surface area contributed by atoms with Crippen molar-refractivity contribution in [2.45, 2.75) is 201 Å². The highest BCUT2D eigenvalue weighted by Gasteiger charge is 2.62. The molecule has 5 aliphatic rings. The molecule has 2 heteroatoms. The fraction of sp³-hybridized carbons (Fsp3) is 1.00. The first kappa shape index (κ1) is 26.5. The maximum Gasteiger partial charge on any atom is 0.0862 e. The third-order valence-electron chi connectivity index (χ3n) is 11.7. The van der Waals surface area contributed by atoms with Crippen LogP contribution in [-0.4, -0.2) is 33.7 Å². The minimum Gasteiger partial charge on any atom is -0.0575 e. The van der Waals surface area contributed by atoms with Gasteiger partial charge >= 0.3 is 0 Å². The predicted molar refractivity (Wildman–Crippen MR) is 158 cm³/mol. The SMILES string of the molecule is CC(P(C1CCCCC1)C1CCCCC1)[P+](C1CCCCC1)(C1CCCCC1)C1CCCCC1. The van der Waals surface area contributed by atoms with Gasteiger partial charge in [-0.2, -0.15) is 0 Å². The minimum absolute atomic E-state index is 0.229. The molecule has 0 aliphatic heterocycles. The van der Waals surface area contributed by atoms with Crippen LogP contribution < -0.4 is 0 Å². The third kappa shape index (κ3) is 5.65. The molecular weight excluding hydrogens is 446 g/mol. The molecule has 0 bridgehead atoms. The molecule has 0 radical (unpaired) electrons. The Morgan fingerprint density at radius 1 is 0.412 bits per heavy atom. The van der Waals surface area contributed by atoms with Crippen LogP contribution in [0.25, 0.3) is 0 Å². The minimum atomic E-state index is -0.974. The summed E-state index contributed by atoms with van der Waals surface area (Å²) in [5.41, 5.74) is 5.91. The van der Waals surface area contributed by atoms with Crippen molar-refractivity contribution >= 4 is 15.2 Å². The summed E-state index contributed by atoms with van der Waals surface area (Å²) in [6, 6.07) is 0. The van der Waals surface area contributed by atoms with Crippen molar-refractivity contribution in [3.63, 3.8) is 0 Å². The maximum atomic E-state index is 3.00. The van der Waals surface area contributed by atoms with Crippen molar-refractivity contribution in [1.29, 1.82) is 0 Å². The summed E-state index contributed by atoms with van der Waals surface area (Å²) in [5, 5.41) is 1.17. The van der Waals surface area contributed by atoms with Gasteiger partial charge in [-0.05, 0) is 121 Å². The van der Waals surface area contributed by atoms with E-state index in [1.54, 1.807) is 161 Å². The largest absolute Gasteiger partial charge is 0.0862 e. The van der Waals surface area contributed by atoms with Crippen LogP contribution in [0, 0.1) is 0 Å². The second kappa shape index (κ2) is 13.1. The Labute approximate surface area is 216 Å². The molecule has 5 saturated carbocycles. The van der Waals surface area contributed by atoms with E-state index in [9.17, 15) is 0 Å². The zero-order valence-electron chi connectivity index (χ0n) is 23.0. The van der Waals surface area contributed by atoms with E-state index in [-0.39, 0.29) is 7.92 Å². The Kier molecular flexibility index (Phi) is 10.2. The molecule has 5 rings (SSSR count). The molecule has 5 fully saturated rings. The Morgan fingerprint density at radius 3 is 0.971 bits per heavy atom. The zero-order valence-corrected chi connectivity index (χ0v) is 24.8. The summed E-state index contributed by atoms with van der Waals surface area (Å²) in [5.74, 6) is 0. The molecule has 196 valence electrons. The van der Waals surface area contributed by atoms with Gasteiger partial charge in [-0.15, -0.1) is 0 Å². The van der Waals surface area contributed by atoms with Gasteiger partial charge in [0.25, 0.3) is 0 Å². The topological polar surface area (TPSA) is 0 Å². The molecule has 0 N–H and O–H groups in total. The van der Waals surface area contributed by atoms with E-state index < -0.39 is 7.26 Å². The Balaban J connectivity index is 1.56. The standard InChI is InChI=1S/C32H59P2/c1-27(33(28-17-7-2-8-18-28)29-19-9-3-10-20-29)34(30-21-11-4-12-22-30,31-23-13-5-14-24-31)32-25-15-6-16-26-32/h27-32H,2-26H2,1H3/q+1. The van der Waals surface area contributed by atoms with Crippen LogP contribution in [0.15, 0.2) is 0 Å². The van der Waals surface area contributed by atoms with Crippen molar-refractivity contribution < 1.29 is 0 Å². The van der Waals surface area contributed by atoms with E-state index in [4.69, 9.17) is 0 Å². The summed E-state index contributed by atoms with van der Waals surface area (Å²) in [6.45, 7) is 3.00. The fourth-order valence-corrected chi connectivity index (χ4v) is 26.1. The van der Waals surface area contributed by atoms with E-state index >= 15 is 0 Å². The molecule has 0 spiro atoms. The van der Waals surface area contributed by atoms with Crippen LogP contribution >= 0.6 is 15.2 Å². The molecule has 0 nitrogen and oxygen atoms in total. The predicted octanol–water partition coefficient (Wildman–Crippen LogP) is 11.5. The second-order valence-electron chi connectivity index (χ2n) is 13.4. The molecule has 0 saturated heterocycles. The van der Waals surface area contributed by atoms with Crippen LogP contribution in [-0.2, 0) is 0 Å². The summed E-state index contributed by atoms with van der Waals surface area (Å²) in [4.78, 5) is 0. The lowest BCUT2D eigenvalue weighted by Crippen LogP contribution is -2.42. The van der Waals surface area contributed by atoms with Gasteiger partial charge in [0.1, 0.15) is 0 Å². The summed E-state index contributed by atoms with van der Waals surface area (Å²) >= 11 is 0. The van der Waals surface area contributed by atoms with Crippen LogP contribution in [0.1, 0.15) is 167 Å². The van der Waals surface area contributed by atoms with E-state index in [1.165, 1.54) is 22.4 Å². The summed E-state index contributed by atoms with van der Waals surface area (Å²) in [7, 11) is -0.745. The molecule has 5 aliphatic carbocycles. The van der Waals surface area contributed by atoms with Gasteiger partial charge in [0, 0.05) is 7.26 Å². The van der Waals surface area contributed by atoms with Gasteiger partial charge in [-0.1, -0.05) is 65.7 Å². The average molecular weight is 506 g/mol. The molecule has 34 heavy (non-hydrogen) atoms. The smallest absolute Gasteiger partial charge is 0.0575 e. The first-order valence-corrected chi connectivity index (χ1v) is 20.1. The highest BCUT2D eigenvalue weighted by molar-refractivity contribution is 7.88. The van der Waals surface area contributed by atoms with E-state index in [2.05, 4.69) is 6.92 Å². The van der Waals surface area contributed by atoms with Crippen molar-refractivity contribution in [2.24, 2.45) is 0 Å². The first-order valence-electron chi connectivity index (χ1n) is 16.5. The zero-order chi connectivity index (χ0) is 23.2. The Hall–Kier alpha value is 0.860. The van der Waals surface area contributed by atoms with Crippen molar-refractivity contribution in [3.8, 4) is 0 Å². The first-order chi connectivity index (χ1) is 16.8. The summed E-state index contributed by atoms with van der Waals surface area (Å²) < 4.78 is 0. The van der Waals surface area contributed by atoms with Gasteiger partial charge in [0.15, 0.2) is 0 Å². The molecule has 0 aromatic heterocycles. The molecule has 0 aromatic rings. The Bertz CT molecular complexity index is 508. The third-order valence-corrected chi connectivity index (χ3v) is 23.9. The monoisotopic (exact) mass is 505 g/mol. The van der Waals surface area contributed by atoms with E-state index in [1.807, 2.05) is 0 Å². The van der Waals surface area contributed by atoms with Gasteiger partial charge in [0.05, 0.1) is 22.4 Å². The number of hydrogen-bond acceptors (Lipinski definition) is 0. The van der Waals surface area contributed by atoms with Crippen molar-refractivity contribution in [1.82, 2.24) is 0 Å². The molecule has 0 amide bonds. The van der Waals surface area contributed by atoms with Crippen molar-refractivity contribution in [2.75, 3.05) is 0 Å². The summed E-state index contributed by atoms with van der Waals surface area (Å²) in [6.07, 6.45) is 40.0. The van der Waals surface area contributed by atoms with Gasteiger partial charge in [-0.3, -0.25) is 0 Å². The molecule has 0 aromatic carbocycles. The van der Waals surface area contributed by atoms with Crippen molar-refractivity contribution in [3.05, 3.63) is 0 Å². The molecule has 1 unspecified atom stereocenters. The van der Waals surface area contributed by atoms with Gasteiger partial charge < -0.3 is 0 Å². The van der Waals surface area contributed by atoms with Crippen LogP contribution in [0.3, 0.4) is 0 Å². The molecular formula is C32H59P2+. The number of rotatable bonds is 7.